The highest BCUT2D eigenvalue weighted by Crippen LogP contribution is 2.25. The average molecular weight is 374 g/mol. The van der Waals surface area contributed by atoms with E-state index in [1.54, 1.807) is 24.5 Å². The smallest absolute Gasteiger partial charge is 0.225 e. The molecule has 3 rings (SSSR count). The van der Waals surface area contributed by atoms with Crippen molar-refractivity contribution in [1.29, 1.82) is 0 Å². The molecule has 0 fully saturated rings. The van der Waals surface area contributed by atoms with Gasteiger partial charge < -0.3 is 15.7 Å². The molecule has 0 saturated carbocycles. The molecule has 3 aromatic rings. The van der Waals surface area contributed by atoms with Crippen molar-refractivity contribution in [3.05, 3.63) is 59.6 Å². The third-order valence-corrected chi connectivity index (χ3v) is 3.80. The minimum atomic E-state index is -0.483. The number of aromatic nitrogens is 3. The highest BCUT2D eigenvalue weighted by molar-refractivity contribution is 6.31. The Labute approximate surface area is 155 Å². The molecule has 1 aromatic carbocycles. The van der Waals surface area contributed by atoms with E-state index < -0.39 is 5.82 Å². The molecule has 2 heterocycles. The Morgan fingerprint density at radius 3 is 2.62 bits per heavy atom. The molecule has 26 heavy (non-hydrogen) atoms. The van der Waals surface area contributed by atoms with E-state index >= 15 is 0 Å². The van der Waals surface area contributed by atoms with Crippen molar-refractivity contribution >= 4 is 29.1 Å². The largest absolute Gasteiger partial charge is 0.396 e. The van der Waals surface area contributed by atoms with E-state index in [2.05, 4.69) is 25.6 Å². The van der Waals surface area contributed by atoms with E-state index in [0.717, 1.165) is 5.56 Å². The first-order valence-electron chi connectivity index (χ1n) is 8.02. The van der Waals surface area contributed by atoms with Gasteiger partial charge in [-0.1, -0.05) is 11.6 Å². The SMILES string of the molecule is OCCCNc1nc(Nc2ccc(F)c(Cl)c2)cc(-c2ccncc2)n1. The van der Waals surface area contributed by atoms with Gasteiger partial charge in [0, 0.05) is 42.9 Å². The molecular weight excluding hydrogens is 357 g/mol. The summed E-state index contributed by atoms with van der Waals surface area (Å²) in [6.45, 7) is 0.619. The van der Waals surface area contributed by atoms with Crippen LogP contribution < -0.4 is 10.6 Å². The Kier molecular flexibility index (Phi) is 5.93. The number of halogens is 2. The van der Waals surface area contributed by atoms with Gasteiger partial charge in [0.05, 0.1) is 10.7 Å². The summed E-state index contributed by atoms with van der Waals surface area (Å²) in [5.74, 6) is 0.466. The molecule has 0 aliphatic heterocycles. The van der Waals surface area contributed by atoms with Crippen LogP contribution in [0.1, 0.15) is 6.42 Å². The Morgan fingerprint density at radius 1 is 1.08 bits per heavy atom. The quantitative estimate of drug-likeness (QED) is 0.545. The van der Waals surface area contributed by atoms with Crippen molar-refractivity contribution in [2.24, 2.45) is 0 Å². The molecule has 0 atom stereocenters. The number of anilines is 3. The van der Waals surface area contributed by atoms with Gasteiger partial charge in [-0.05, 0) is 36.8 Å². The summed E-state index contributed by atoms with van der Waals surface area (Å²) in [5, 5.41) is 15.1. The van der Waals surface area contributed by atoms with Crippen molar-refractivity contribution < 1.29 is 9.50 Å². The van der Waals surface area contributed by atoms with E-state index in [1.165, 1.54) is 12.1 Å². The van der Waals surface area contributed by atoms with Crippen LogP contribution in [0.25, 0.3) is 11.3 Å². The minimum Gasteiger partial charge on any atom is -0.396 e. The van der Waals surface area contributed by atoms with Crippen LogP contribution >= 0.6 is 11.6 Å². The molecule has 2 aromatic heterocycles. The zero-order valence-electron chi connectivity index (χ0n) is 13.8. The second-order valence-electron chi connectivity index (χ2n) is 5.46. The second-order valence-corrected chi connectivity index (χ2v) is 5.86. The number of hydrogen-bond acceptors (Lipinski definition) is 6. The number of rotatable bonds is 7. The maximum atomic E-state index is 13.3. The predicted octanol–water partition coefficient (Wildman–Crippen LogP) is 3.87. The molecule has 0 spiro atoms. The number of benzene rings is 1. The molecule has 0 amide bonds. The lowest BCUT2D eigenvalue weighted by Gasteiger charge is -2.11. The summed E-state index contributed by atoms with van der Waals surface area (Å²) in [4.78, 5) is 12.9. The van der Waals surface area contributed by atoms with Gasteiger partial charge in [-0.3, -0.25) is 4.98 Å². The van der Waals surface area contributed by atoms with Gasteiger partial charge in [-0.25, -0.2) is 9.37 Å². The van der Waals surface area contributed by atoms with Crippen LogP contribution in [0.4, 0.5) is 21.8 Å². The van der Waals surface area contributed by atoms with Gasteiger partial charge in [0.2, 0.25) is 5.95 Å². The van der Waals surface area contributed by atoms with Gasteiger partial charge >= 0.3 is 0 Å². The molecule has 8 heteroatoms. The van der Waals surface area contributed by atoms with Gasteiger partial charge in [-0.15, -0.1) is 0 Å². The molecule has 3 N–H and O–H groups in total. The molecular formula is C18H17ClFN5O. The topological polar surface area (TPSA) is 83.0 Å². The van der Waals surface area contributed by atoms with E-state index in [9.17, 15) is 4.39 Å². The maximum Gasteiger partial charge on any atom is 0.225 e. The zero-order valence-corrected chi connectivity index (χ0v) is 14.5. The normalized spacial score (nSPS) is 10.6. The summed E-state index contributed by atoms with van der Waals surface area (Å²) in [6, 6.07) is 9.83. The first-order valence-corrected chi connectivity index (χ1v) is 8.40. The first-order chi connectivity index (χ1) is 12.7. The van der Waals surface area contributed by atoms with Crippen LogP contribution in [0.5, 0.6) is 0 Å². The number of aliphatic hydroxyl groups excluding tert-OH is 1. The number of nitrogens with one attached hydrogen (secondary N) is 2. The maximum absolute atomic E-state index is 13.3. The molecule has 0 aliphatic rings. The Bertz CT molecular complexity index is 879. The summed E-state index contributed by atoms with van der Waals surface area (Å²) in [6.07, 6.45) is 3.95. The molecule has 0 saturated heterocycles. The standard InChI is InChI=1S/C18H17ClFN5O/c19-14-10-13(2-3-15(14)20)23-17-11-16(12-4-7-21-8-5-12)24-18(25-17)22-6-1-9-26/h2-5,7-8,10-11,26H,1,6,9H2,(H2,22,23,24,25). The van der Waals surface area contributed by atoms with Crippen molar-refractivity contribution in [2.75, 3.05) is 23.8 Å². The lowest BCUT2D eigenvalue weighted by molar-refractivity contribution is 0.292. The predicted molar refractivity (Wildman–Crippen MR) is 100 cm³/mol. The highest BCUT2D eigenvalue weighted by atomic mass is 35.5. The second kappa shape index (κ2) is 8.55. The van der Waals surface area contributed by atoms with Crippen molar-refractivity contribution in [3.63, 3.8) is 0 Å². The summed E-state index contributed by atoms with van der Waals surface area (Å²) < 4.78 is 13.3. The molecule has 134 valence electrons. The highest BCUT2D eigenvalue weighted by Gasteiger charge is 2.08. The van der Waals surface area contributed by atoms with Gasteiger partial charge in [0.15, 0.2) is 0 Å². The van der Waals surface area contributed by atoms with E-state index in [1.807, 2.05) is 12.1 Å². The van der Waals surface area contributed by atoms with Gasteiger partial charge in [0.1, 0.15) is 11.6 Å². The molecule has 6 nitrogen and oxygen atoms in total. The fourth-order valence-electron chi connectivity index (χ4n) is 2.26. The minimum absolute atomic E-state index is 0.0275. The Hall–Kier alpha value is -2.77. The van der Waals surface area contributed by atoms with E-state index in [0.29, 0.717) is 36.1 Å². The van der Waals surface area contributed by atoms with Crippen molar-refractivity contribution in [2.45, 2.75) is 6.42 Å². The fourth-order valence-corrected chi connectivity index (χ4v) is 2.44. The van der Waals surface area contributed by atoms with Crippen LogP contribution in [-0.4, -0.2) is 33.2 Å². The fraction of sp³-hybridized carbons (Fsp3) is 0.167. The Balaban J connectivity index is 1.91. The lowest BCUT2D eigenvalue weighted by atomic mass is 10.2. The van der Waals surface area contributed by atoms with Crippen LogP contribution in [0, 0.1) is 5.82 Å². The third-order valence-electron chi connectivity index (χ3n) is 3.51. The summed E-state index contributed by atoms with van der Waals surface area (Å²) in [7, 11) is 0. The van der Waals surface area contributed by atoms with Crippen molar-refractivity contribution in [1.82, 2.24) is 15.0 Å². The van der Waals surface area contributed by atoms with Crippen LogP contribution in [0.3, 0.4) is 0 Å². The third kappa shape index (κ3) is 4.65. The number of aliphatic hydroxyl groups is 1. The Morgan fingerprint density at radius 2 is 1.88 bits per heavy atom. The van der Waals surface area contributed by atoms with Crippen LogP contribution in [-0.2, 0) is 0 Å². The first kappa shape index (κ1) is 18.0. The van der Waals surface area contributed by atoms with Crippen LogP contribution in [0.15, 0.2) is 48.8 Å². The van der Waals surface area contributed by atoms with Gasteiger partial charge in [-0.2, -0.15) is 4.98 Å². The number of hydrogen-bond donors (Lipinski definition) is 3. The average Bonchev–Trinajstić information content (AvgIpc) is 2.66. The number of nitrogens with zero attached hydrogens (tertiary/aromatic N) is 3. The van der Waals surface area contributed by atoms with Gasteiger partial charge in [0.25, 0.3) is 0 Å². The van der Waals surface area contributed by atoms with Crippen molar-refractivity contribution in [3.8, 4) is 11.3 Å². The zero-order chi connectivity index (χ0) is 18.4. The summed E-state index contributed by atoms with van der Waals surface area (Å²) >= 11 is 5.83. The number of pyridine rings is 1. The summed E-state index contributed by atoms with van der Waals surface area (Å²) in [5.41, 5.74) is 2.19. The molecule has 0 radical (unpaired) electrons. The molecule has 0 aliphatic carbocycles. The molecule has 0 unspecified atom stereocenters. The van der Waals surface area contributed by atoms with Crippen LogP contribution in [0.2, 0.25) is 5.02 Å². The monoisotopic (exact) mass is 373 g/mol. The lowest BCUT2D eigenvalue weighted by Crippen LogP contribution is -2.08. The van der Waals surface area contributed by atoms with E-state index in [4.69, 9.17) is 16.7 Å². The van der Waals surface area contributed by atoms with E-state index in [-0.39, 0.29) is 11.6 Å². The molecule has 0 bridgehead atoms.